The first kappa shape index (κ1) is 27.4. The quantitative estimate of drug-likeness (QED) is 0.171. The molecule has 2 saturated carbocycles. The number of rotatable bonds is 12. The van der Waals surface area contributed by atoms with Gasteiger partial charge in [-0.1, -0.05) is 41.5 Å². The van der Waals surface area contributed by atoms with Gasteiger partial charge in [-0.2, -0.15) is 0 Å². The smallest absolute Gasteiger partial charge is 0.269 e. The average molecular weight is 539 g/mol. The molecule has 6 nitrogen and oxygen atoms in total. The first-order valence-electron chi connectivity index (χ1n) is 14.0. The summed E-state index contributed by atoms with van der Waals surface area (Å²) in [6, 6.07) is 6.92. The van der Waals surface area contributed by atoms with Gasteiger partial charge in [-0.3, -0.25) is 4.57 Å². The van der Waals surface area contributed by atoms with Crippen LogP contribution in [0.4, 0.5) is 0 Å². The molecular weight excluding hydrogens is 493 g/mol. The van der Waals surface area contributed by atoms with Crippen LogP contribution in [0.15, 0.2) is 18.7 Å². The maximum atomic E-state index is 7.33. The van der Waals surface area contributed by atoms with Gasteiger partial charge < -0.3 is 18.3 Å². The van der Waals surface area contributed by atoms with E-state index in [9.17, 15) is 0 Å². The number of epoxide rings is 1. The Morgan fingerprint density at radius 2 is 1.66 bits per heavy atom. The normalized spacial score (nSPS) is 32.2. The lowest BCUT2D eigenvalue weighted by Gasteiger charge is -2.47. The van der Waals surface area contributed by atoms with E-state index in [-0.39, 0.29) is 23.4 Å². The maximum Gasteiger partial charge on any atom is 0.269 e. The van der Waals surface area contributed by atoms with Crippen LogP contribution < -0.4 is 0 Å². The first-order chi connectivity index (χ1) is 16.8. The van der Waals surface area contributed by atoms with Crippen molar-refractivity contribution in [3.8, 4) is 0 Å². The summed E-state index contributed by atoms with van der Waals surface area (Å²) in [7, 11) is -3.64. The standard InChI is InChI=1S/C26H46N2O4SSi2/c1-7-34(8-2,9-3)30-22-18-25(19-29-24(33)28-17-16-27-20-28)26(32-25)15-13-14-21(26)23(22)31-35(10-4,11-5)12-6/h16-17,20-23H,7-15,18-19H2,1-6H3/t21-,22-,23+,25-,26-/m1/s1. The lowest BCUT2D eigenvalue weighted by molar-refractivity contribution is -0.0405. The number of thiocarbonyl (C=S) groups is 1. The van der Waals surface area contributed by atoms with Gasteiger partial charge in [0.15, 0.2) is 16.6 Å². The zero-order chi connectivity index (χ0) is 25.3. The van der Waals surface area contributed by atoms with Crippen molar-refractivity contribution in [2.24, 2.45) is 5.92 Å². The highest BCUT2D eigenvalue weighted by Crippen LogP contribution is 2.68. The minimum absolute atomic E-state index is 0.0715. The number of nitrogens with zero attached hydrogens (tertiary/aromatic N) is 2. The van der Waals surface area contributed by atoms with Gasteiger partial charge in [0.1, 0.15) is 24.1 Å². The molecule has 35 heavy (non-hydrogen) atoms. The van der Waals surface area contributed by atoms with Crippen molar-refractivity contribution in [1.82, 2.24) is 9.55 Å². The molecule has 0 unspecified atom stereocenters. The fourth-order valence-corrected chi connectivity index (χ4v) is 13.0. The van der Waals surface area contributed by atoms with Crippen LogP contribution >= 0.6 is 12.2 Å². The van der Waals surface area contributed by atoms with Crippen LogP contribution in [-0.4, -0.2) is 61.4 Å². The highest BCUT2D eigenvalue weighted by atomic mass is 32.1. The van der Waals surface area contributed by atoms with Crippen LogP contribution in [-0.2, 0) is 18.3 Å². The Bertz CT molecular complexity index is 847. The first-order valence-corrected chi connectivity index (χ1v) is 19.5. The number of ether oxygens (including phenoxy) is 2. The summed E-state index contributed by atoms with van der Waals surface area (Å²) in [4.78, 5) is 4.10. The minimum atomic E-state index is -1.83. The molecule has 0 aromatic carbocycles. The Labute approximate surface area is 219 Å². The minimum Gasteiger partial charge on any atom is -0.467 e. The molecule has 4 rings (SSSR count). The van der Waals surface area contributed by atoms with Gasteiger partial charge in [0.25, 0.3) is 5.17 Å². The van der Waals surface area contributed by atoms with Crippen LogP contribution in [0.1, 0.15) is 67.2 Å². The summed E-state index contributed by atoms with van der Waals surface area (Å²) in [6.45, 7) is 14.4. The molecule has 0 amide bonds. The monoisotopic (exact) mass is 538 g/mol. The van der Waals surface area contributed by atoms with Crippen molar-refractivity contribution in [3.63, 3.8) is 0 Å². The van der Waals surface area contributed by atoms with E-state index in [1.54, 1.807) is 17.1 Å². The van der Waals surface area contributed by atoms with Crippen molar-refractivity contribution < 1.29 is 18.3 Å². The van der Waals surface area contributed by atoms with Gasteiger partial charge in [-0.05, 0) is 67.7 Å². The second-order valence-corrected chi connectivity index (χ2v) is 20.7. The van der Waals surface area contributed by atoms with Crippen LogP contribution in [0.25, 0.3) is 0 Å². The predicted molar refractivity (Wildman–Crippen MR) is 149 cm³/mol. The van der Waals surface area contributed by atoms with E-state index in [2.05, 4.69) is 46.5 Å². The molecule has 1 spiro atoms. The molecule has 0 radical (unpaired) electrons. The fraction of sp³-hybridized carbons (Fsp3) is 0.846. The number of imidazole rings is 1. The number of hydrogen-bond donors (Lipinski definition) is 0. The van der Waals surface area contributed by atoms with Gasteiger partial charge in [-0.25, -0.2) is 4.98 Å². The molecule has 5 atom stereocenters. The molecule has 0 N–H and O–H groups in total. The fourth-order valence-electron chi connectivity index (χ4n) is 7.07. The molecule has 3 aliphatic rings. The maximum absolute atomic E-state index is 7.33. The second kappa shape index (κ2) is 10.7. The largest absolute Gasteiger partial charge is 0.467 e. The van der Waals surface area contributed by atoms with Crippen molar-refractivity contribution in [2.75, 3.05) is 6.61 Å². The molecular formula is C26H46N2O4SSi2. The zero-order valence-corrected chi connectivity index (χ0v) is 25.5. The Morgan fingerprint density at radius 1 is 1.03 bits per heavy atom. The lowest BCUT2D eigenvalue weighted by Crippen LogP contribution is -2.59. The summed E-state index contributed by atoms with van der Waals surface area (Å²) in [6.07, 6.45) is 9.71. The van der Waals surface area contributed by atoms with Crippen LogP contribution in [0.3, 0.4) is 0 Å². The zero-order valence-electron chi connectivity index (χ0n) is 22.7. The Kier molecular flexibility index (Phi) is 8.35. The molecule has 1 aliphatic heterocycles. The topological polar surface area (TPSA) is 58.0 Å². The molecule has 2 heterocycles. The van der Waals surface area contributed by atoms with E-state index in [1.807, 2.05) is 6.20 Å². The third kappa shape index (κ3) is 4.74. The Balaban J connectivity index is 1.63. The summed E-state index contributed by atoms with van der Waals surface area (Å²) < 4.78 is 29.3. The van der Waals surface area contributed by atoms with Crippen molar-refractivity contribution in [1.29, 1.82) is 0 Å². The van der Waals surface area contributed by atoms with E-state index in [0.717, 1.165) is 55.5 Å². The summed E-state index contributed by atoms with van der Waals surface area (Å²) in [5.74, 6) is 0.375. The van der Waals surface area contributed by atoms with Gasteiger partial charge in [-0.15, -0.1) is 0 Å². The van der Waals surface area contributed by atoms with Crippen LogP contribution in [0, 0.1) is 5.92 Å². The third-order valence-corrected chi connectivity index (χ3v) is 19.5. The Morgan fingerprint density at radius 3 is 2.23 bits per heavy atom. The van der Waals surface area contributed by atoms with Crippen molar-refractivity contribution in [3.05, 3.63) is 18.7 Å². The van der Waals surface area contributed by atoms with Gasteiger partial charge in [0.2, 0.25) is 0 Å². The second-order valence-electron chi connectivity index (χ2n) is 10.9. The predicted octanol–water partition coefficient (Wildman–Crippen LogP) is 6.53. The third-order valence-electron chi connectivity index (χ3n) is 9.86. The molecule has 1 aromatic heterocycles. The number of hydrogen-bond acceptors (Lipinski definition) is 6. The summed E-state index contributed by atoms with van der Waals surface area (Å²) in [5.41, 5.74) is -0.472. The molecule has 3 fully saturated rings. The van der Waals surface area contributed by atoms with E-state index in [4.69, 9.17) is 30.5 Å². The van der Waals surface area contributed by atoms with E-state index < -0.39 is 16.6 Å². The molecule has 9 heteroatoms. The van der Waals surface area contributed by atoms with Crippen molar-refractivity contribution in [2.45, 2.75) is 127 Å². The SMILES string of the molecule is CC[Si](CC)(CC)O[C@H]1[C@H]2CCC[C@@]23O[C@@]3(COC(=S)n2ccnc2)C[C@H]1O[Si](CC)(CC)CC. The highest BCUT2D eigenvalue weighted by Gasteiger charge is 2.79. The molecule has 2 aliphatic carbocycles. The van der Waals surface area contributed by atoms with E-state index in [1.165, 1.54) is 6.42 Å². The number of aromatic nitrogens is 2. The average Bonchev–Trinajstić information content (AvgIpc) is 3.25. The van der Waals surface area contributed by atoms with E-state index >= 15 is 0 Å². The van der Waals surface area contributed by atoms with Crippen LogP contribution in [0.5, 0.6) is 0 Å². The molecule has 1 saturated heterocycles. The van der Waals surface area contributed by atoms with Crippen molar-refractivity contribution >= 4 is 34.0 Å². The molecule has 1 aromatic rings. The Hall–Kier alpha value is -0.586. The molecule has 198 valence electrons. The molecule has 0 bridgehead atoms. The van der Waals surface area contributed by atoms with Gasteiger partial charge in [0.05, 0.1) is 12.2 Å². The lowest BCUT2D eigenvalue weighted by atomic mass is 9.71. The highest BCUT2D eigenvalue weighted by molar-refractivity contribution is 7.80. The van der Waals surface area contributed by atoms with Crippen LogP contribution in [0.2, 0.25) is 36.3 Å². The summed E-state index contributed by atoms with van der Waals surface area (Å²) >= 11 is 5.55. The van der Waals surface area contributed by atoms with E-state index in [0.29, 0.717) is 17.7 Å². The van der Waals surface area contributed by atoms with Gasteiger partial charge >= 0.3 is 0 Å². The van der Waals surface area contributed by atoms with Gasteiger partial charge in [0, 0.05) is 24.7 Å². The summed E-state index contributed by atoms with van der Waals surface area (Å²) in [5, 5.41) is 0.432.